The molecule has 0 aliphatic carbocycles. The number of carboxylic acid groups (broad SMARTS) is 1. The molecule has 0 spiro atoms. The van der Waals surface area contributed by atoms with E-state index < -0.39 is 35.0 Å². The fourth-order valence-electron chi connectivity index (χ4n) is 5.14. The van der Waals surface area contributed by atoms with E-state index in [9.17, 15) is 23.1 Å². The molecule has 2 aromatic carbocycles. The Hall–Kier alpha value is -2.89. The maximum Gasteiger partial charge on any atom is 0.309 e. The molecule has 2 heterocycles. The summed E-state index contributed by atoms with van der Waals surface area (Å²) in [6.45, 7) is 1.52. The smallest absolute Gasteiger partial charge is 0.309 e. The first-order valence-electron chi connectivity index (χ1n) is 12.7. The molecule has 1 saturated heterocycles. The standard InChI is InChI=1S/C28H31F4N3O3S/c1-38-19-2-3-23-20(14-19)25(17(15-33)16-34-23)21(30)4-5-28(27(36)37)6-8-35(9-7-28)10-11-39-24-13-18(29)12-22(31)26(24)32/h2-3,12-14,16,21H,4-11,15,33H2,1H3,(H,36,37). The summed E-state index contributed by atoms with van der Waals surface area (Å²) in [6.07, 6.45) is 0.945. The van der Waals surface area contributed by atoms with Crippen molar-refractivity contribution in [3.05, 3.63) is 65.1 Å². The maximum atomic E-state index is 15.8. The number of hydrogen-bond acceptors (Lipinski definition) is 6. The van der Waals surface area contributed by atoms with E-state index in [1.54, 1.807) is 24.4 Å². The predicted octanol–water partition coefficient (Wildman–Crippen LogP) is 5.87. The Kier molecular flexibility index (Phi) is 9.35. The second-order valence-electron chi connectivity index (χ2n) is 9.77. The van der Waals surface area contributed by atoms with Gasteiger partial charge in [-0.3, -0.25) is 9.78 Å². The first-order chi connectivity index (χ1) is 18.7. The molecule has 1 atom stereocenters. The molecule has 0 radical (unpaired) electrons. The van der Waals surface area contributed by atoms with Crippen molar-refractivity contribution in [2.24, 2.45) is 11.1 Å². The second kappa shape index (κ2) is 12.5. The molecule has 1 aliphatic heterocycles. The lowest BCUT2D eigenvalue weighted by molar-refractivity contribution is -0.153. The minimum Gasteiger partial charge on any atom is -0.497 e. The number of likely N-dealkylation sites (tertiary alicyclic amines) is 1. The molecule has 1 unspecified atom stereocenters. The third-order valence-electron chi connectivity index (χ3n) is 7.50. The zero-order valence-electron chi connectivity index (χ0n) is 21.6. The van der Waals surface area contributed by atoms with Crippen LogP contribution in [0.15, 0.2) is 41.4 Å². The Morgan fingerprint density at radius 3 is 2.64 bits per heavy atom. The highest BCUT2D eigenvalue weighted by atomic mass is 32.2. The Morgan fingerprint density at radius 1 is 1.23 bits per heavy atom. The average Bonchev–Trinajstić information content (AvgIpc) is 2.93. The minimum atomic E-state index is -1.44. The van der Waals surface area contributed by atoms with Crippen LogP contribution < -0.4 is 10.5 Å². The molecule has 11 heteroatoms. The highest BCUT2D eigenvalue weighted by Gasteiger charge is 2.41. The van der Waals surface area contributed by atoms with Crippen LogP contribution in [0.2, 0.25) is 0 Å². The molecule has 3 aromatic rings. The number of aromatic nitrogens is 1. The van der Waals surface area contributed by atoms with Crippen molar-refractivity contribution in [3.8, 4) is 5.75 Å². The topological polar surface area (TPSA) is 88.7 Å². The normalized spacial score (nSPS) is 16.4. The van der Waals surface area contributed by atoms with Gasteiger partial charge < -0.3 is 20.5 Å². The van der Waals surface area contributed by atoms with Crippen LogP contribution in [0.4, 0.5) is 17.6 Å². The van der Waals surface area contributed by atoms with Gasteiger partial charge in [-0.05, 0) is 68.6 Å². The van der Waals surface area contributed by atoms with Crippen LogP contribution in [0.3, 0.4) is 0 Å². The summed E-state index contributed by atoms with van der Waals surface area (Å²) in [5.41, 5.74) is 6.39. The van der Waals surface area contributed by atoms with E-state index in [1.165, 1.54) is 7.11 Å². The first kappa shape index (κ1) is 29.1. The molecule has 1 aromatic heterocycles. The van der Waals surface area contributed by atoms with Gasteiger partial charge in [-0.1, -0.05) is 0 Å². The SMILES string of the molecule is COc1ccc2ncc(CN)c(C(F)CCC3(C(=O)O)CCN(CCSc4cc(F)cc(F)c4F)CC3)c2c1. The van der Waals surface area contributed by atoms with Crippen LogP contribution in [0.25, 0.3) is 10.9 Å². The molecule has 210 valence electrons. The number of nitrogens with two attached hydrogens (primary N) is 1. The van der Waals surface area contributed by atoms with E-state index in [4.69, 9.17) is 10.5 Å². The number of piperidine rings is 1. The summed E-state index contributed by atoms with van der Waals surface area (Å²) >= 11 is 1.01. The van der Waals surface area contributed by atoms with Gasteiger partial charge in [0, 0.05) is 47.0 Å². The number of halogens is 4. The van der Waals surface area contributed by atoms with Gasteiger partial charge in [-0.15, -0.1) is 11.8 Å². The lowest BCUT2D eigenvalue weighted by Gasteiger charge is -2.39. The predicted molar refractivity (Wildman–Crippen MR) is 142 cm³/mol. The van der Waals surface area contributed by atoms with Crippen molar-refractivity contribution >= 4 is 28.6 Å². The van der Waals surface area contributed by atoms with Gasteiger partial charge in [-0.2, -0.15) is 0 Å². The van der Waals surface area contributed by atoms with Gasteiger partial charge in [0.2, 0.25) is 0 Å². The minimum absolute atomic E-state index is 0.00981. The van der Waals surface area contributed by atoms with Crippen molar-refractivity contribution in [1.82, 2.24) is 9.88 Å². The quantitative estimate of drug-likeness (QED) is 0.171. The zero-order chi connectivity index (χ0) is 28.2. The maximum absolute atomic E-state index is 15.8. The first-order valence-corrected chi connectivity index (χ1v) is 13.7. The Labute approximate surface area is 228 Å². The van der Waals surface area contributed by atoms with Crippen LogP contribution in [0.5, 0.6) is 5.75 Å². The average molecular weight is 566 g/mol. The van der Waals surface area contributed by atoms with Crippen LogP contribution in [0.1, 0.15) is 43.0 Å². The van der Waals surface area contributed by atoms with Crippen molar-refractivity contribution in [2.75, 3.05) is 32.5 Å². The fourth-order valence-corrected chi connectivity index (χ4v) is 6.13. The van der Waals surface area contributed by atoms with Crippen LogP contribution in [-0.2, 0) is 11.3 Å². The zero-order valence-corrected chi connectivity index (χ0v) is 22.4. The van der Waals surface area contributed by atoms with E-state index in [0.717, 1.165) is 17.8 Å². The fraction of sp³-hybridized carbons (Fsp3) is 0.429. The number of alkyl halides is 1. The molecule has 3 N–H and O–H groups in total. The molecule has 0 amide bonds. The van der Waals surface area contributed by atoms with Gasteiger partial charge in [-0.25, -0.2) is 17.6 Å². The number of carboxylic acids is 1. The number of rotatable bonds is 11. The van der Waals surface area contributed by atoms with Crippen molar-refractivity contribution in [2.45, 2.75) is 43.3 Å². The van der Waals surface area contributed by atoms with Crippen LogP contribution in [0, 0.1) is 22.9 Å². The molecule has 4 rings (SSSR count). The molecule has 0 saturated carbocycles. The number of nitrogens with zero attached hydrogens (tertiary/aromatic N) is 2. The summed E-state index contributed by atoms with van der Waals surface area (Å²) in [6, 6.07) is 6.67. The van der Waals surface area contributed by atoms with E-state index >= 15 is 4.39 Å². The second-order valence-corrected chi connectivity index (χ2v) is 10.9. The molecule has 39 heavy (non-hydrogen) atoms. The third-order valence-corrected chi connectivity index (χ3v) is 8.50. The number of aliphatic carboxylic acids is 1. The number of methoxy groups -OCH3 is 1. The number of carbonyl (C=O) groups is 1. The molecule has 0 bridgehead atoms. The number of pyridine rings is 1. The van der Waals surface area contributed by atoms with Gasteiger partial charge in [0.15, 0.2) is 11.6 Å². The van der Waals surface area contributed by atoms with Gasteiger partial charge in [0.25, 0.3) is 0 Å². The summed E-state index contributed by atoms with van der Waals surface area (Å²) in [5.74, 6) is -3.17. The summed E-state index contributed by atoms with van der Waals surface area (Å²) in [7, 11) is 1.52. The number of benzene rings is 2. The Balaban J connectivity index is 1.39. The monoisotopic (exact) mass is 565 g/mol. The molecule has 1 aliphatic rings. The molecule has 1 fully saturated rings. The van der Waals surface area contributed by atoms with Crippen molar-refractivity contribution < 1.29 is 32.2 Å². The van der Waals surface area contributed by atoms with Gasteiger partial charge in [0.05, 0.1) is 18.0 Å². The number of hydrogen-bond donors (Lipinski definition) is 2. The molecule has 6 nitrogen and oxygen atoms in total. The summed E-state index contributed by atoms with van der Waals surface area (Å²) in [5, 5.41) is 10.7. The van der Waals surface area contributed by atoms with Gasteiger partial charge in [0.1, 0.15) is 17.7 Å². The lowest BCUT2D eigenvalue weighted by atomic mass is 9.74. The number of thioether (sulfide) groups is 1. The summed E-state index contributed by atoms with van der Waals surface area (Å²) < 4.78 is 61.9. The van der Waals surface area contributed by atoms with E-state index in [-0.39, 0.29) is 24.3 Å². The number of fused-ring (bicyclic) bond motifs is 1. The van der Waals surface area contributed by atoms with Gasteiger partial charge >= 0.3 is 5.97 Å². The van der Waals surface area contributed by atoms with Crippen LogP contribution >= 0.6 is 11.8 Å². The third kappa shape index (κ3) is 6.47. The molecular weight excluding hydrogens is 534 g/mol. The van der Waals surface area contributed by atoms with E-state index in [0.29, 0.717) is 72.1 Å². The highest BCUT2D eigenvalue weighted by Crippen LogP contribution is 2.41. The molecular formula is C28H31F4N3O3S. The van der Waals surface area contributed by atoms with Crippen molar-refractivity contribution in [1.29, 1.82) is 0 Å². The summed E-state index contributed by atoms with van der Waals surface area (Å²) in [4.78, 5) is 18.6. The van der Waals surface area contributed by atoms with Crippen LogP contribution in [-0.4, -0.2) is 53.5 Å². The lowest BCUT2D eigenvalue weighted by Crippen LogP contribution is -2.45. The number of ether oxygens (including phenoxy) is 1. The largest absolute Gasteiger partial charge is 0.497 e. The highest BCUT2D eigenvalue weighted by molar-refractivity contribution is 7.99. The van der Waals surface area contributed by atoms with E-state index in [1.807, 2.05) is 4.90 Å². The Morgan fingerprint density at radius 2 is 1.97 bits per heavy atom. The Bertz CT molecular complexity index is 1330. The van der Waals surface area contributed by atoms with E-state index in [2.05, 4.69) is 4.98 Å². The van der Waals surface area contributed by atoms with Crippen molar-refractivity contribution in [3.63, 3.8) is 0 Å².